The van der Waals surface area contributed by atoms with E-state index in [-0.39, 0.29) is 11.4 Å². The number of hydrogen-bond acceptors (Lipinski definition) is 5. The minimum Gasteiger partial charge on any atom is -0.744 e. The van der Waals surface area contributed by atoms with Crippen molar-refractivity contribution >= 4 is 21.5 Å². The Kier molecular flexibility index (Phi) is 6.39. The summed E-state index contributed by atoms with van der Waals surface area (Å²) in [7, 11) is -0.313. The fourth-order valence-corrected chi connectivity index (χ4v) is 1.69. The van der Waals surface area contributed by atoms with Crippen molar-refractivity contribution in [1.82, 2.24) is 0 Å². The quantitative estimate of drug-likeness (QED) is 0.374. The Hall–Kier alpha value is -1.57. The van der Waals surface area contributed by atoms with Crippen molar-refractivity contribution in [2.75, 3.05) is 32.1 Å². The first kappa shape index (κ1) is 16.4. The first-order chi connectivity index (χ1) is 8.18. The summed E-state index contributed by atoms with van der Waals surface area (Å²) in [6.45, 7) is 4.64. The number of hydrogen-bond donors (Lipinski definition) is 3. The highest BCUT2D eigenvalue weighted by atomic mass is 32.2. The van der Waals surface area contributed by atoms with Gasteiger partial charge in [0, 0.05) is 11.4 Å². The van der Waals surface area contributed by atoms with Gasteiger partial charge in [-0.25, -0.2) is 8.42 Å². The average molecular weight is 273 g/mol. The van der Waals surface area contributed by atoms with Gasteiger partial charge in [0.2, 0.25) is 0 Å². The molecule has 0 aliphatic rings. The molecule has 0 heterocycles. The van der Waals surface area contributed by atoms with Crippen LogP contribution in [-0.4, -0.2) is 33.6 Å². The molecule has 0 aliphatic heterocycles. The summed E-state index contributed by atoms with van der Waals surface area (Å²) in [6, 6.07) is 3.74. The lowest BCUT2D eigenvalue weighted by molar-refractivity contribution is -0.851. The van der Waals surface area contributed by atoms with Gasteiger partial charge >= 0.3 is 0 Å². The van der Waals surface area contributed by atoms with Crippen molar-refractivity contribution < 1.29 is 17.9 Å². The number of likely N-dealkylation sites (N-methyl/N-ethyl adjacent to an activating group) is 1. The molecule has 0 aliphatic carbocycles. The Morgan fingerprint density at radius 1 is 1.39 bits per heavy atom. The first-order valence-corrected chi connectivity index (χ1v) is 6.60. The number of nitrogens with two attached hydrogens (primary N) is 2. The van der Waals surface area contributed by atoms with Gasteiger partial charge in [-0.1, -0.05) is 6.58 Å². The first-order valence-electron chi connectivity index (χ1n) is 5.19. The molecule has 0 atom stereocenters. The lowest BCUT2D eigenvalue weighted by Crippen LogP contribution is -3.05. The SMILES string of the molecule is C=CC[NH+](C)C.Nc1ccc(N)c(S(=O)(=O)[O-])c1. The van der Waals surface area contributed by atoms with Gasteiger partial charge in [0.15, 0.2) is 0 Å². The Morgan fingerprint density at radius 2 is 1.94 bits per heavy atom. The summed E-state index contributed by atoms with van der Waals surface area (Å²) in [5, 5.41) is 0. The number of quaternary nitrogens is 1. The van der Waals surface area contributed by atoms with Crippen LogP contribution in [0.15, 0.2) is 35.7 Å². The second-order valence-corrected chi connectivity index (χ2v) is 5.30. The molecule has 0 fully saturated rings. The minimum absolute atomic E-state index is 0.0841. The summed E-state index contributed by atoms with van der Waals surface area (Å²) in [5.41, 5.74) is 10.6. The van der Waals surface area contributed by atoms with Gasteiger partial charge in [-0.05, 0) is 24.3 Å². The predicted molar refractivity (Wildman–Crippen MR) is 71.1 cm³/mol. The summed E-state index contributed by atoms with van der Waals surface area (Å²) in [6.07, 6.45) is 1.91. The standard InChI is InChI=1S/C6H8N2O3S.C5H11N/c7-4-1-2-5(8)6(3-4)12(9,10)11;1-4-5-6(2)3/h1-3H,7-8H2,(H,9,10,11);4H,1,5H2,2-3H3. The topological polar surface area (TPSA) is 114 Å². The van der Waals surface area contributed by atoms with E-state index >= 15 is 0 Å². The molecule has 1 rings (SSSR count). The molecule has 0 amide bonds. The molecule has 0 spiro atoms. The van der Waals surface area contributed by atoms with Crippen LogP contribution >= 0.6 is 0 Å². The third-order valence-corrected chi connectivity index (χ3v) is 2.75. The maximum absolute atomic E-state index is 10.5. The van der Waals surface area contributed by atoms with E-state index in [0.717, 1.165) is 12.6 Å². The van der Waals surface area contributed by atoms with E-state index in [0.29, 0.717) is 0 Å². The van der Waals surface area contributed by atoms with E-state index in [1.54, 1.807) is 0 Å². The van der Waals surface area contributed by atoms with Crippen LogP contribution in [-0.2, 0) is 10.1 Å². The Labute approximate surface area is 108 Å². The molecule has 0 unspecified atom stereocenters. The molecule has 5 N–H and O–H groups in total. The predicted octanol–water partition coefficient (Wildman–Crippen LogP) is -0.928. The van der Waals surface area contributed by atoms with Crippen LogP contribution in [0.5, 0.6) is 0 Å². The van der Waals surface area contributed by atoms with Crippen molar-refractivity contribution in [3.05, 3.63) is 30.9 Å². The van der Waals surface area contributed by atoms with Crippen molar-refractivity contribution in [2.24, 2.45) is 0 Å². The average Bonchev–Trinajstić information content (AvgIpc) is 2.21. The van der Waals surface area contributed by atoms with E-state index in [1.165, 1.54) is 17.0 Å². The van der Waals surface area contributed by atoms with E-state index in [1.807, 2.05) is 6.08 Å². The Bertz CT molecular complexity index is 498. The maximum Gasteiger partial charge on any atom is 0.126 e. The third kappa shape index (κ3) is 6.24. The van der Waals surface area contributed by atoms with E-state index in [2.05, 4.69) is 20.7 Å². The molecule has 1 aromatic rings. The molecule has 0 saturated heterocycles. The van der Waals surface area contributed by atoms with Crippen LogP contribution in [0.4, 0.5) is 11.4 Å². The van der Waals surface area contributed by atoms with Gasteiger partial charge in [0.1, 0.15) is 10.1 Å². The molecule has 102 valence electrons. The summed E-state index contributed by atoms with van der Waals surface area (Å²) in [4.78, 5) is 0.951. The number of anilines is 2. The molecule has 0 bridgehead atoms. The normalized spacial score (nSPS) is 10.7. The molecule has 7 heteroatoms. The van der Waals surface area contributed by atoms with E-state index in [4.69, 9.17) is 11.5 Å². The number of rotatable bonds is 3. The van der Waals surface area contributed by atoms with Gasteiger partial charge in [-0.2, -0.15) is 0 Å². The van der Waals surface area contributed by atoms with E-state index in [9.17, 15) is 13.0 Å². The summed E-state index contributed by atoms with van der Waals surface area (Å²) in [5.74, 6) is 0. The highest BCUT2D eigenvalue weighted by Gasteiger charge is 2.05. The van der Waals surface area contributed by atoms with Crippen LogP contribution in [0.1, 0.15) is 0 Å². The van der Waals surface area contributed by atoms with Crippen LogP contribution in [0.2, 0.25) is 0 Å². The molecule has 18 heavy (non-hydrogen) atoms. The van der Waals surface area contributed by atoms with Gasteiger partial charge in [0.25, 0.3) is 0 Å². The number of nitrogens with one attached hydrogen (secondary N) is 1. The highest BCUT2D eigenvalue weighted by Crippen LogP contribution is 2.20. The van der Waals surface area contributed by atoms with Crippen LogP contribution in [0.25, 0.3) is 0 Å². The molecular weight excluding hydrogens is 254 g/mol. The van der Waals surface area contributed by atoms with Crippen LogP contribution < -0.4 is 16.4 Å². The van der Waals surface area contributed by atoms with Gasteiger partial charge < -0.3 is 20.9 Å². The monoisotopic (exact) mass is 273 g/mol. The number of nitrogen functional groups attached to an aromatic ring is 2. The molecular formula is C11H19N3O3S. The molecule has 1 aromatic carbocycles. The second kappa shape index (κ2) is 7.00. The zero-order chi connectivity index (χ0) is 14.3. The van der Waals surface area contributed by atoms with Crippen molar-refractivity contribution in [2.45, 2.75) is 4.90 Å². The highest BCUT2D eigenvalue weighted by molar-refractivity contribution is 7.86. The molecule has 0 saturated carbocycles. The minimum atomic E-state index is -4.51. The lowest BCUT2D eigenvalue weighted by Gasteiger charge is -2.09. The second-order valence-electron chi connectivity index (χ2n) is 3.95. The van der Waals surface area contributed by atoms with E-state index < -0.39 is 15.0 Å². The van der Waals surface area contributed by atoms with Crippen molar-refractivity contribution in [3.8, 4) is 0 Å². The number of benzene rings is 1. The third-order valence-electron chi connectivity index (χ3n) is 1.86. The smallest absolute Gasteiger partial charge is 0.126 e. The maximum atomic E-state index is 10.5. The Balaban J connectivity index is 0.000000411. The van der Waals surface area contributed by atoms with Crippen LogP contribution in [0, 0.1) is 0 Å². The molecule has 0 radical (unpaired) electrons. The largest absolute Gasteiger partial charge is 0.744 e. The van der Waals surface area contributed by atoms with Crippen molar-refractivity contribution in [3.63, 3.8) is 0 Å². The zero-order valence-corrected chi connectivity index (χ0v) is 11.3. The van der Waals surface area contributed by atoms with Gasteiger partial charge in [-0.3, -0.25) is 0 Å². The lowest BCUT2D eigenvalue weighted by atomic mass is 10.3. The summed E-state index contributed by atoms with van der Waals surface area (Å²) >= 11 is 0. The zero-order valence-electron chi connectivity index (χ0n) is 10.5. The fourth-order valence-electron chi connectivity index (χ4n) is 1.06. The fraction of sp³-hybridized carbons (Fsp3) is 0.273. The Morgan fingerprint density at radius 3 is 2.22 bits per heavy atom. The van der Waals surface area contributed by atoms with Crippen LogP contribution in [0.3, 0.4) is 0 Å². The van der Waals surface area contributed by atoms with Gasteiger partial charge in [0.05, 0.1) is 25.5 Å². The van der Waals surface area contributed by atoms with Crippen molar-refractivity contribution in [1.29, 1.82) is 0 Å². The molecule has 0 aromatic heterocycles. The summed E-state index contributed by atoms with van der Waals surface area (Å²) < 4.78 is 31.5. The molecule has 6 nitrogen and oxygen atoms in total. The van der Waals surface area contributed by atoms with Gasteiger partial charge in [-0.15, -0.1) is 0 Å².